The number of rotatable bonds is 6. The molecule has 1 N–H and O–H groups in total. The van der Waals surface area contributed by atoms with Gasteiger partial charge in [-0.15, -0.1) is 0 Å². The van der Waals surface area contributed by atoms with E-state index in [9.17, 15) is 4.79 Å². The van der Waals surface area contributed by atoms with E-state index in [1.165, 1.54) is 0 Å². The highest BCUT2D eigenvalue weighted by Gasteiger charge is 2.17. The molecular weight excluding hydrogens is 164 g/mol. The second-order valence-corrected chi connectivity index (χ2v) is 3.68. The van der Waals surface area contributed by atoms with E-state index in [0.29, 0.717) is 0 Å². The first-order valence-electron chi connectivity index (χ1n) is 4.99. The Balaban J connectivity index is 3.95. The number of carboxylic acids is 1. The lowest BCUT2D eigenvalue weighted by atomic mass is 9.95. The maximum Gasteiger partial charge on any atom is 0.310 e. The summed E-state index contributed by atoms with van der Waals surface area (Å²) in [7, 11) is 0. The summed E-state index contributed by atoms with van der Waals surface area (Å²) in [5.74, 6) is -0.866. The topological polar surface area (TPSA) is 37.3 Å². The second-order valence-electron chi connectivity index (χ2n) is 3.68. The molecule has 0 aliphatic carbocycles. The average Bonchev–Trinajstić information content (AvgIpc) is 2.02. The molecule has 0 amide bonds. The fourth-order valence-electron chi connectivity index (χ4n) is 1.15. The van der Waals surface area contributed by atoms with Crippen LogP contribution in [0.2, 0.25) is 0 Å². The SMILES string of the molecule is CCCC/C=C/C(C(=O)O)C(C)C. The van der Waals surface area contributed by atoms with Crippen molar-refractivity contribution in [3.8, 4) is 0 Å². The molecule has 0 aromatic rings. The van der Waals surface area contributed by atoms with Gasteiger partial charge in [0, 0.05) is 0 Å². The third kappa shape index (κ3) is 5.45. The molecule has 0 saturated carbocycles. The molecule has 0 aromatic carbocycles. The Morgan fingerprint density at radius 2 is 2.08 bits per heavy atom. The van der Waals surface area contributed by atoms with Crippen LogP contribution in [0.5, 0.6) is 0 Å². The molecule has 0 aliphatic heterocycles. The van der Waals surface area contributed by atoms with Gasteiger partial charge in [0.15, 0.2) is 0 Å². The monoisotopic (exact) mass is 184 g/mol. The van der Waals surface area contributed by atoms with E-state index in [2.05, 4.69) is 6.92 Å². The van der Waals surface area contributed by atoms with Crippen LogP contribution in [0.15, 0.2) is 12.2 Å². The Morgan fingerprint density at radius 3 is 2.46 bits per heavy atom. The van der Waals surface area contributed by atoms with Crippen LogP contribution in [-0.2, 0) is 4.79 Å². The van der Waals surface area contributed by atoms with Gasteiger partial charge in [0.2, 0.25) is 0 Å². The number of allylic oxidation sites excluding steroid dienone is 1. The Kier molecular flexibility index (Phi) is 6.29. The molecule has 13 heavy (non-hydrogen) atoms. The summed E-state index contributed by atoms with van der Waals surface area (Å²) in [4.78, 5) is 10.8. The maximum absolute atomic E-state index is 10.8. The van der Waals surface area contributed by atoms with Crippen molar-refractivity contribution >= 4 is 5.97 Å². The third-order valence-corrected chi connectivity index (χ3v) is 2.07. The molecule has 76 valence electrons. The number of hydrogen-bond donors (Lipinski definition) is 1. The highest BCUT2D eigenvalue weighted by molar-refractivity contribution is 5.72. The van der Waals surface area contributed by atoms with E-state index < -0.39 is 5.97 Å². The zero-order valence-electron chi connectivity index (χ0n) is 8.79. The molecule has 1 unspecified atom stereocenters. The summed E-state index contributed by atoms with van der Waals surface area (Å²) in [5.41, 5.74) is 0. The van der Waals surface area contributed by atoms with Crippen LogP contribution < -0.4 is 0 Å². The summed E-state index contributed by atoms with van der Waals surface area (Å²) in [5, 5.41) is 8.85. The Morgan fingerprint density at radius 1 is 1.46 bits per heavy atom. The molecule has 2 nitrogen and oxygen atoms in total. The summed E-state index contributed by atoms with van der Waals surface area (Å²) in [6, 6.07) is 0. The summed E-state index contributed by atoms with van der Waals surface area (Å²) >= 11 is 0. The van der Waals surface area contributed by atoms with Crippen LogP contribution in [0.4, 0.5) is 0 Å². The number of carbonyl (C=O) groups is 1. The van der Waals surface area contributed by atoms with Crippen LogP contribution in [0, 0.1) is 11.8 Å². The third-order valence-electron chi connectivity index (χ3n) is 2.07. The summed E-state index contributed by atoms with van der Waals surface area (Å²) < 4.78 is 0. The van der Waals surface area contributed by atoms with E-state index in [1.807, 2.05) is 26.0 Å². The van der Waals surface area contributed by atoms with Crippen molar-refractivity contribution in [2.75, 3.05) is 0 Å². The van der Waals surface area contributed by atoms with Gasteiger partial charge < -0.3 is 5.11 Å². The van der Waals surface area contributed by atoms with E-state index >= 15 is 0 Å². The van der Waals surface area contributed by atoms with Gasteiger partial charge in [0.25, 0.3) is 0 Å². The number of hydrogen-bond acceptors (Lipinski definition) is 1. The molecule has 0 radical (unpaired) electrons. The van der Waals surface area contributed by atoms with Gasteiger partial charge in [-0.25, -0.2) is 0 Å². The maximum atomic E-state index is 10.8. The van der Waals surface area contributed by atoms with Crippen molar-refractivity contribution in [1.82, 2.24) is 0 Å². The van der Waals surface area contributed by atoms with Gasteiger partial charge in [0.1, 0.15) is 0 Å². The van der Waals surface area contributed by atoms with Crippen LogP contribution >= 0.6 is 0 Å². The smallest absolute Gasteiger partial charge is 0.310 e. The molecule has 0 heterocycles. The zero-order valence-corrected chi connectivity index (χ0v) is 8.79. The largest absolute Gasteiger partial charge is 0.481 e. The second kappa shape index (κ2) is 6.70. The molecule has 0 rings (SSSR count). The minimum atomic E-state index is -0.720. The lowest BCUT2D eigenvalue weighted by Crippen LogP contribution is -2.16. The van der Waals surface area contributed by atoms with Gasteiger partial charge >= 0.3 is 5.97 Å². The van der Waals surface area contributed by atoms with Crippen molar-refractivity contribution < 1.29 is 9.90 Å². The van der Waals surface area contributed by atoms with Crippen LogP contribution in [0.3, 0.4) is 0 Å². The predicted molar refractivity (Wildman–Crippen MR) is 54.6 cm³/mol. The van der Waals surface area contributed by atoms with Crippen molar-refractivity contribution in [3.63, 3.8) is 0 Å². The Hall–Kier alpha value is -0.790. The highest BCUT2D eigenvalue weighted by atomic mass is 16.4. The number of carboxylic acid groups (broad SMARTS) is 1. The van der Waals surface area contributed by atoms with E-state index in [0.717, 1.165) is 19.3 Å². The first kappa shape index (κ1) is 12.2. The highest BCUT2D eigenvalue weighted by Crippen LogP contribution is 2.13. The number of aliphatic carboxylic acids is 1. The van der Waals surface area contributed by atoms with Gasteiger partial charge in [-0.1, -0.05) is 45.8 Å². The predicted octanol–water partition coefficient (Wildman–Crippen LogP) is 3.09. The fraction of sp³-hybridized carbons (Fsp3) is 0.727. The van der Waals surface area contributed by atoms with Gasteiger partial charge in [-0.05, 0) is 12.3 Å². The van der Waals surface area contributed by atoms with Gasteiger partial charge in [-0.2, -0.15) is 0 Å². The molecule has 0 aromatic heterocycles. The van der Waals surface area contributed by atoms with Crippen LogP contribution in [-0.4, -0.2) is 11.1 Å². The molecule has 0 bridgehead atoms. The van der Waals surface area contributed by atoms with E-state index in [4.69, 9.17) is 5.11 Å². The minimum Gasteiger partial charge on any atom is -0.481 e. The summed E-state index contributed by atoms with van der Waals surface area (Å²) in [6.45, 7) is 6.00. The normalized spacial score (nSPS) is 13.8. The van der Waals surface area contributed by atoms with E-state index in [1.54, 1.807) is 0 Å². The molecule has 0 spiro atoms. The molecular formula is C11H20O2. The first-order chi connectivity index (χ1) is 6.09. The van der Waals surface area contributed by atoms with Crippen LogP contribution in [0.25, 0.3) is 0 Å². The zero-order chi connectivity index (χ0) is 10.3. The Labute approximate surface area is 80.7 Å². The van der Waals surface area contributed by atoms with Gasteiger partial charge in [-0.3, -0.25) is 4.79 Å². The molecule has 1 atom stereocenters. The van der Waals surface area contributed by atoms with Crippen molar-refractivity contribution in [2.45, 2.75) is 40.0 Å². The van der Waals surface area contributed by atoms with Crippen molar-refractivity contribution in [2.24, 2.45) is 11.8 Å². The van der Waals surface area contributed by atoms with E-state index in [-0.39, 0.29) is 11.8 Å². The fourth-order valence-corrected chi connectivity index (χ4v) is 1.15. The molecule has 0 fully saturated rings. The first-order valence-corrected chi connectivity index (χ1v) is 4.99. The lowest BCUT2D eigenvalue weighted by molar-refractivity contribution is -0.141. The summed E-state index contributed by atoms with van der Waals surface area (Å²) in [6.07, 6.45) is 7.10. The average molecular weight is 184 g/mol. The Bertz CT molecular complexity index is 171. The van der Waals surface area contributed by atoms with Crippen molar-refractivity contribution in [3.05, 3.63) is 12.2 Å². The molecule has 2 heteroatoms. The lowest BCUT2D eigenvalue weighted by Gasteiger charge is -2.10. The van der Waals surface area contributed by atoms with Gasteiger partial charge in [0.05, 0.1) is 5.92 Å². The number of unbranched alkanes of at least 4 members (excludes halogenated alkanes) is 2. The van der Waals surface area contributed by atoms with Crippen LogP contribution in [0.1, 0.15) is 40.0 Å². The molecule has 0 saturated heterocycles. The van der Waals surface area contributed by atoms with Crippen molar-refractivity contribution in [1.29, 1.82) is 0 Å². The quantitative estimate of drug-likeness (QED) is 0.508. The minimum absolute atomic E-state index is 0.176. The molecule has 0 aliphatic rings. The standard InChI is InChI=1S/C11H20O2/c1-4-5-6-7-8-10(9(2)3)11(12)13/h7-10H,4-6H2,1-3H3,(H,12,13)/b8-7+.